The van der Waals surface area contributed by atoms with Crippen LogP contribution in [0.5, 0.6) is 0 Å². The van der Waals surface area contributed by atoms with Crippen molar-refractivity contribution in [2.45, 2.75) is 46.1 Å². The summed E-state index contributed by atoms with van der Waals surface area (Å²) in [6.45, 7) is 12.4. The van der Waals surface area contributed by atoms with E-state index in [2.05, 4.69) is 23.7 Å². The third-order valence-electron chi connectivity index (χ3n) is 6.55. The molecule has 0 bridgehead atoms. The van der Waals surface area contributed by atoms with Crippen molar-refractivity contribution in [2.75, 3.05) is 39.4 Å². The number of nitrogens with zero attached hydrogens (tertiary/aromatic N) is 3. The number of aliphatic hydroxyl groups is 1. The zero-order valence-electron chi connectivity index (χ0n) is 20.3. The average Bonchev–Trinajstić information content (AvgIpc) is 3.29. The topological polar surface area (TPSA) is 83.0 Å². The second-order valence-electron chi connectivity index (χ2n) is 9.27. The van der Waals surface area contributed by atoms with Crippen LogP contribution in [-0.2, 0) is 9.53 Å². The van der Waals surface area contributed by atoms with Crippen molar-refractivity contribution in [3.8, 4) is 0 Å². The number of aryl methyl sites for hydroxylation is 2. The number of amides is 1. The standard InChI is InChI=1S/C26H33N3O4S/c1-16(2)19-6-8-20(9-7-19)22-21(23(30)25-17(3)27-18(4)34-25)24(31)26(32)29(22)11-5-10-28-12-14-33-15-13-28/h6-9,16,22,31H,5,10-15H2,1-4H3/t22-/m0/s1. The summed E-state index contributed by atoms with van der Waals surface area (Å²) in [5.41, 5.74) is 2.79. The van der Waals surface area contributed by atoms with Crippen LogP contribution in [0.4, 0.5) is 0 Å². The second-order valence-corrected chi connectivity index (χ2v) is 10.5. The van der Waals surface area contributed by atoms with E-state index in [1.54, 1.807) is 11.8 Å². The molecule has 1 aromatic heterocycles. The minimum Gasteiger partial charge on any atom is -0.503 e. The first kappa shape index (κ1) is 24.6. The molecule has 8 heteroatoms. The molecule has 0 spiro atoms. The van der Waals surface area contributed by atoms with Crippen molar-refractivity contribution in [2.24, 2.45) is 0 Å². The number of hydrogen-bond acceptors (Lipinski definition) is 7. The Bertz CT molecular complexity index is 1080. The Morgan fingerprint density at radius 1 is 1.18 bits per heavy atom. The largest absolute Gasteiger partial charge is 0.503 e. The van der Waals surface area contributed by atoms with Gasteiger partial charge in [0.2, 0.25) is 5.78 Å². The molecule has 2 aromatic rings. The van der Waals surface area contributed by atoms with Gasteiger partial charge in [-0.05, 0) is 37.3 Å². The molecule has 0 aliphatic carbocycles. The van der Waals surface area contributed by atoms with Crippen LogP contribution in [-0.4, -0.2) is 71.0 Å². The number of morpholine rings is 1. The normalized spacial score (nSPS) is 19.5. The van der Waals surface area contributed by atoms with Crippen LogP contribution in [0.15, 0.2) is 35.6 Å². The number of Topliss-reactive ketones (excluding diaryl/α,β-unsaturated/α-hetero) is 1. The van der Waals surface area contributed by atoms with Gasteiger partial charge in [-0.1, -0.05) is 38.1 Å². The van der Waals surface area contributed by atoms with E-state index in [1.807, 2.05) is 31.2 Å². The zero-order chi connectivity index (χ0) is 24.4. The van der Waals surface area contributed by atoms with Gasteiger partial charge in [0.15, 0.2) is 5.76 Å². The highest BCUT2D eigenvalue weighted by Gasteiger charge is 2.44. The van der Waals surface area contributed by atoms with Crippen molar-refractivity contribution in [3.05, 3.63) is 62.3 Å². The molecule has 0 radical (unpaired) electrons. The van der Waals surface area contributed by atoms with Gasteiger partial charge in [-0.25, -0.2) is 4.98 Å². The van der Waals surface area contributed by atoms with E-state index in [9.17, 15) is 14.7 Å². The summed E-state index contributed by atoms with van der Waals surface area (Å²) in [6.07, 6.45) is 0.750. The highest BCUT2D eigenvalue weighted by Crippen LogP contribution is 2.40. The van der Waals surface area contributed by atoms with E-state index in [4.69, 9.17) is 4.74 Å². The van der Waals surface area contributed by atoms with Crippen molar-refractivity contribution in [1.82, 2.24) is 14.8 Å². The molecule has 1 saturated heterocycles. The fourth-order valence-electron chi connectivity index (χ4n) is 4.68. The fraction of sp³-hybridized carbons (Fsp3) is 0.500. The van der Waals surface area contributed by atoms with E-state index in [0.717, 1.165) is 49.8 Å². The summed E-state index contributed by atoms with van der Waals surface area (Å²) in [5.74, 6) is -0.874. The summed E-state index contributed by atoms with van der Waals surface area (Å²) in [7, 11) is 0. The minimum atomic E-state index is -0.618. The number of carbonyl (C=O) groups excluding carboxylic acids is 2. The number of thiazole rings is 1. The second kappa shape index (κ2) is 10.4. The molecule has 0 unspecified atom stereocenters. The van der Waals surface area contributed by atoms with Crippen molar-refractivity contribution >= 4 is 23.0 Å². The molecule has 1 fully saturated rings. The van der Waals surface area contributed by atoms with Crippen molar-refractivity contribution in [1.29, 1.82) is 0 Å². The molecule has 7 nitrogen and oxygen atoms in total. The highest BCUT2D eigenvalue weighted by atomic mass is 32.1. The van der Waals surface area contributed by atoms with E-state index < -0.39 is 17.7 Å². The van der Waals surface area contributed by atoms with E-state index in [0.29, 0.717) is 23.0 Å². The Hall–Kier alpha value is -2.55. The summed E-state index contributed by atoms with van der Waals surface area (Å²) >= 11 is 1.30. The number of aromatic nitrogens is 1. The molecular formula is C26H33N3O4S. The highest BCUT2D eigenvalue weighted by molar-refractivity contribution is 7.14. The van der Waals surface area contributed by atoms with Crippen LogP contribution in [0.2, 0.25) is 0 Å². The molecule has 3 heterocycles. The Kier molecular flexibility index (Phi) is 7.50. The van der Waals surface area contributed by atoms with Crippen LogP contribution in [0, 0.1) is 13.8 Å². The van der Waals surface area contributed by atoms with Crippen LogP contribution in [0.25, 0.3) is 0 Å². The number of ketones is 1. The monoisotopic (exact) mass is 483 g/mol. The molecule has 1 atom stereocenters. The van der Waals surface area contributed by atoms with E-state index >= 15 is 0 Å². The molecule has 0 saturated carbocycles. The first-order chi connectivity index (χ1) is 16.3. The van der Waals surface area contributed by atoms with Crippen molar-refractivity contribution < 1.29 is 19.4 Å². The number of ether oxygens (including phenoxy) is 1. The summed E-state index contributed by atoms with van der Waals surface area (Å²) in [5, 5.41) is 11.7. The first-order valence-electron chi connectivity index (χ1n) is 11.9. The lowest BCUT2D eigenvalue weighted by molar-refractivity contribution is -0.129. The van der Waals surface area contributed by atoms with Gasteiger partial charge in [0.1, 0.15) is 0 Å². The Morgan fingerprint density at radius 3 is 2.44 bits per heavy atom. The number of rotatable bonds is 8. The van der Waals surface area contributed by atoms with Crippen LogP contribution in [0.1, 0.15) is 63.7 Å². The quantitative estimate of drug-likeness (QED) is 0.567. The number of carbonyl (C=O) groups is 2. The molecule has 34 heavy (non-hydrogen) atoms. The maximum atomic E-state index is 13.6. The predicted octanol–water partition coefficient (Wildman–Crippen LogP) is 4.18. The Labute approximate surface area is 205 Å². The summed E-state index contributed by atoms with van der Waals surface area (Å²) in [4.78, 5) is 35.6. The van der Waals surface area contributed by atoms with Gasteiger partial charge in [-0.15, -0.1) is 11.3 Å². The Balaban J connectivity index is 1.64. The Morgan fingerprint density at radius 2 is 1.85 bits per heavy atom. The van der Waals surface area contributed by atoms with E-state index in [1.165, 1.54) is 16.9 Å². The molecule has 1 amide bonds. The maximum Gasteiger partial charge on any atom is 0.290 e. The smallest absolute Gasteiger partial charge is 0.290 e. The average molecular weight is 484 g/mol. The van der Waals surface area contributed by atoms with Gasteiger partial charge in [-0.2, -0.15) is 0 Å². The van der Waals surface area contributed by atoms with Gasteiger partial charge in [0, 0.05) is 26.2 Å². The van der Waals surface area contributed by atoms with Gasteiger partial charge < -0.3 is 14.7 Å². The summed E-state index contributed by atoms with van der Waals surface area (Å²) in [6, 6.07) is 7.40. The molecule has 1 N–H and O–H groups in total. The number of hydrogen-bond donors (Lipinski definition) is 1. The van der Waals surface area contributed by atoms with Gasteiger partial charge >= 0.3 is 0 Å². The first-order valence-corrected chi connectivity index (χ1v) is 12.7. The summed E-state index contributed by atoms with van der Waals surface area (Å²) < 4.78 is 5.42. The lowest BCUT2D eigenvalue weighted by atomic mass is 9.93. The SMILES string of the molecule is Cc1nc(C)c(C(=O)C2=C(O)C(=O)N(CCCN3CCOCC3)[C@H]2c2ccc(C(C)C)cc2)s1. The number of aliphatic hydroxyl groups excluding tert-OH is 1. The maximum absolute atomic E-state index is 13.6. The van der Waals surface area contributed by atoms with Gasteiger partial charge in [0.25, 0.3) is 5.91 Å². The van der Waals surface area contributed by atoms with Gasteiger partial charge in [0.05, 0.1) is 40.4 Å². The lowest BCUT2D eigenvalue weighted by Crippen LogP contribution is -2.39. The molecule has 182 valence electrons. The minimum absolute atomic E-state index is 0.153. The lowest BCUT2D eigenvalue weighted by Gasteiger charge is -2.30. The molecule has 2 aliphatic rings. The third kappa shape index (κ3) is 4.94. The molecule has 1 aromatic carbocycles. The predicted molar refractivity (Wildman–Crippen MR) is 132 cm³/mol. The van der Waals surface area contributed by atoms with Crippen LogP contribution >= 0.6 is 11.3 Å². The van der Waals surface area contributed by atoms with Gasteiger partial charge in [-0.3, -0.25) is 14.5 Å². The zero-order valence-corrected chi connectivity index (χ0v) is 21.2. The molecular weight excluding hydrogens is 450 g/mol. The molecule has 4 rings (SSSR count). The van der Waals surface area contributed by atoms with E-state index in [-0.39, 0.29) is 11.4 Å². The fourth-order valence-corrected chi connectivity index (χ4v) is 5.55. The third-order valence-corrected chi connectivity index (χ3v) is 7.63. The van der Waals surface area contributed by atoms with Crippen molar-refractivity contribution in [3.63, 3.8) is 0 Å². The number of benzene rings is 1. The molecule has 2 aliphatic heterocycles. The van der Waals surface area contributed by atoms with Crippen LogP contribution < -0.4 is 0 Å². The van der Waals surface area contributed by atoms with Crippen LogP contribution in [0.3, 0.4) is 0 Å².